The molecule has 2 amide bonds. The van der Waals surface area contributed by atoms with Gasteiger partial charge in [-0.25, -0.2) is 4.98 Å². The highest BCUT2D eigenvalue weighted by Crippen LogP contribution is 2.30. The minimum absolute atomic E-state index is 0.0698. The molecule has 2 aromatic heterocycles. The lowest BCUT2D eigenvalue weighted by Crippen LogP contribution is -2.44. The van der Waals surface area contributed by atoms with E-state index in [0.717, 1.165) is 50.5 Å². The Labute approximate surface area is 203 Å². The van der Waals surface area contributed by atoms with Crippen LogP contribution in [0.3, 0.4) is 0 Å². The number of piperazine rings is 1. The van der Waals surface area contributed by atoms with Gasteiger partial charge in [-0.05, 0) is 44.2 Å². The highest BCUT2D eigenvalue weighted by molar-refractivity contribution is 6.15. The van der Waals surface area contributed by atoms with Crippen LogP contribution in [0.1, 0.15) is 24.8 Å². The molecule has 1 aromatic carbocycles. The van der Waals surface area contributed by atoms with Gasteiger partial charge in [0.15, 0.2) is 5.65 Å². The molecule has 0 unspecified atom stereocenters. The Bertz CT molecular complexity index is 1330. The van der Waals surface area contributed by atoms with E-state index in [1.54, 1.807) is 16.8 Å². The summed E-state index contributed by atoms with van der Waals surface area (Å²) in [4.78, 5) is 33.3. The molecule has 6 rings (SSSR count). The number of likely N-dealkylation sites (N-methyl/N-ethyl adjacent to an activating group) is 1. The minimum atomic E-state index is -0.360. The monoisotopic (exact) mass is 472 g/mol. The molecular weight excluding hydrogens is 444 g/mol. The van der Waals surface area contributed by atoms with Crippen LogP contribution in [-0.2, 0) is 9.59 Å². The molecule has 35 heavy (non-hydrogen) atoms. The fourth-order valence-electron chi connectivity index (χ4n) is 4.49. The first-order chi connectivity index (χ1) is 17.0. The minimum Gasteiger partial charge on any atom is -0.369 e. The SMILES string of the molecule is CN1CCN(c2cccc(Nc3cc(NC4CC4)n4ncc(/C=C5\CC(=O)NC5=O)c4n3)c2)CC1. The molecule has 3 aliphatic rings. The van der Waals surface area contributed by atoms with Crippen molar-refractivity contribution in [1.29, 1.82) is 0 Å². The first-order valence-corrected chi connectivity index (χ1v) is 12.0. The summed E-state index contributed by atoms with van der Waals surface area (Å²) < 4.78 is 1.76. The fraction of sp³-hybridized carbons (Fsp3) is 0.360. The number of benzene rings is 1. The Hall–Kier alpha value is -3.92. The van der Waals surface area contributed by atoms with Crippen molar-refractivity contribution in [2.45, 2.75) is 25.3 Å². The lowest BCUT2D eigenvalue weighted by atomic mass is 10.1. The number of carbonyl (C=O) groups is 2. The van der Waals surface area contributed by atoms with Crippen molar-refractivity contribution in [2.24, 2.45) is 0 Å². The summed E-state index contributed by atoms with van der Waals surface area (Å²) in [7, 11) is 2.15. The van der Waals surface area contributed by atoms with Crippen LogP contribution in [0.5, 0.6) is 0 Å². The van der Waals surface area contributed by atoms with Crippen LogP contribution >= 0.6 is 0 Å². The molecule has 0 atom stereocenters. The van der Waals surface area contributed by atoms with E-state index in [0.29, 0.717) is 28.6 Å². The van der Waals surface area contributed by atoms with E-state index in [9.17, 15) is 9.59 Å². The van der Waals surface area contributed by atoms with Crippen molar-refractivity contribution in [2.75, 3.05) is 48.8 Å². The van der Waals surface area contributed by atoms with Crippen LogP contribution in [0.25, 0.3) is 11.7 Å². The molecule has 10 nitrogen and oxygen atoms in total. The van der Waals surface area contributed by atoms with E-state index in [2.05, 4.69) is 56.1 Å². The first kappa shape index (κ1) is 21.6. The summed E-state index contributed by atoms with van der Waals surface area (Å²) >= 11 is 0. The largest absolute Gasteiger partial charge is 0.369 e. The summed E-state index contributed by atoms with van der Waals surface area (Å²) in [5, 5.41) is 13.8. The zero-order valence-corrected chi connectivity index (χ0v) is 19.6. The van der Waals surface area contributed by atoms with E-state index in [-0.39, 0.29) is 18.2 Å². The number of amides is 2. The molecule has 3 fully saturated rings. The number of nitrogens with zero attached hydrogens (tertiary/aromatic N) is 5. The maximum Gasteiger partial charge on any atom is 0.254 e. The third kappa shape index (κ3) is 4.57. The highest BCUT2D eigenvalue weighted by Gasteiger charge is 2.26. The Morgan fingerprint density at radius 1 is 1.11 bits per heavy atom. The molecule has 1 aliphatic carbocycles. The Balaban J connectivity index is 1.33. The van der Waals surface area contributed by atoms with Gasteiger partial charge in [-0.3, -0.25) is 14.9 Å². The van der Waals surface area contributed by atoms with Gasteiger partial charge in [0.05, 0.1) is 12.6 Å². The third-order valence-corrected chi connectivity index (χ3v) is 6.64. The van der Waals surface area contributed by atoms with Crippen molar-refractivity contribution in [3.05, 3.63) is 47.7 Å². The number of carbonyl (C=O) groups excluding carboxylic acids is 2. The smallest absolute Gasteiger partial charge is 0.254 e. The quantitative estimate of drug-likeness (QED) is 0.370. The number of anilines is 4. The highest BCUT2D eigenvalue weighted by atomic mass is 16.2. The molecule has 2 saturated heterocycles. The van der Waals surface area contributed by atoms with Crippen LogP contribution in [0.4, 0.5) is 23.0 Å². The normalized spacial score (nSPS) is 20.0. The number of nitrogens with one attached hydrogen (secondary N) is 3. The van der Waals surface area contributed by atoms with Gasteiger partial charge in [0, 0.05) is 60.8 Å². The third-order valence-electron chi connectivity index (χ3n) is 6.64. The van der Waals surface area contributed by atoms with Gasteiger partial charge >= 0.3 is 0 Å². The molecule has 1 saturated carbocycles. The summed E-state index contributed by atoms with van der Waals surface area (Å²) in [6.07, 6.45) is 5.70. The predicted molar refractivity (Wildman–Crippen MR) is 135 cm³/mol. The summed E-state index contributed by atoms with van der Waals surface area (Å²) in [5.74, 6) is 0.875. The molecule has 180 valence electrons. The van der Waals surface area contributed by atoms with E-state index in [1.165, 1.54) is 5.69 Å². The van der Waals surface area contributed by atoms with Crippen LogP contribution in [0.2, 0.25) is 0 Å². The van der Waals surface area contributed by atoms with Crippen LogP contribution < -0.4 is 20.9 Å². The van der Waals surface area contributed by atoms with Crippen molar-refractivity contribution < 1.29 is 9.59 Å². The van der Waals surface area contributed by atoms with Crippen LogP contribution in [0, 0.1) is 0 Å². The Morgan fingerprint density at radius 2 is 1.94 bits per heavy atom. The van der Waals surface area contributed by atoms with Gasteiger partial charge < -0.3 is 20.4 Å². The molecule has 3 N–H and O–H groups in total. The van der Waals surface area contributed by atoms with Crippen LogP contribution in [-0.4, -0.2) is 70.6 Å². The second-order valence-corrected chi connectivity index (χ2v) is 9.47. The van der Waals surface area contributed by atoms with Gasteiger partial charge in [0.2, 0.25) is 5.91 Å². The van der Waals surface area contributed by atoms with Crippen molar-refractivity contribution in [3.8, 4) is 0 Å². The van der Waals surface area contributed by atoms with E-state index in [1.807, 2.05) is 12.1 Å². The van der Waals surface area contributed by atoms with Gasteiger partial charge in [0.1, 0.15) is 11.6 Å². The molecule has 2 aliphatic heterocycles. The van der Waals surface area contributed by atoms with Gasteiger partial charge in [-0.1, -0.05) is 6.07 Å². The number of hydrogen-bond donors (Lipinski definition) is 3. The summed E-state index contributed by atoms with van der Waals surface area (Å²) in [6.45, 7) is 4.11. The maximum absolute atomic E-state index is 12.1. The predicted octanol–water partition coefficient (Wildman–Crippen LogP) is 2.23. The number of aromatic nitrogens is 3. The van der Waals surface area contributed by atoms with E-state index < -0.39 is 0 Å². The Morgan fingerprint density at radius 3 is 2.69 bits per heavy atom. The number of rotatable bonds is 6. The van der Waals surface area contributed by atoms with Gasteiger partial charge in [-0.15, -0.1) is 0 Å². The Kier molecular flexibility index (Phi) is 5.37. The zero-order chi connectivity index (χ0) is 23.9. The second kappa shape index (κ2) is 8.70. The first-order valence-electron chi connectivity index (χ1n) is 12.0. The zero-order valence-electron chi connectivity index (χ0n) is 19.6. The molecular formula is C25H28N8O2. The fourth-order valence-corrected chi connectivity index (χ4v) is 4.49. The van der Waals surface area contributed by atoms with Gasteiger partial charge in [0.25, 0.3) is 5.91 Å². The molecule has 0 bridgehead atoms. The topological polar surface area (TPSA) is 107 Å². The average Bonchev–Trinajstić information content (AvgIpc) is 3.48. The number of hydrogen-bond acceptors (Lipinski definition) is 8. The number of imide groups is 1. The van der Waals surface area contributed by atoms with E-state index >= 15 is 0 Å². The van der Waals surface area contributed by atoms with Crippen LogP contribution in [0.15, 0.2) is 42.1 Å². The second-order valence-electron chi connectivity index (χ2n) is 9.47. The van der Waals surface area contributed by atoms with Crippen molar-refractivity contribution in [3.63, 3.8) is 0 Å². The molecule has 3 aromatic rings. The molecule has 4 heterocycles. The van der Waals surface area contributed by atoms with E-state index in [4.69, 9.17) is 4.98 Å². The number of fused-ring (bicyclic) bond motifs is 1. The summed E-state index contributed by atoms with van der Waals surface area (Å²) in [6, 6.07) is 10.8. The molecule has 0 spiro atoms. The summed E-state index contributed by atoms with van der Waals surface area (Å²) in [5.41, 5.74) is 3.87. The molecule has 0 radical (unpaired) electrons. The van der Waals surface area contributed by atoms with Gasteiger partial charge in [-0.2, -0.15) is 9.61 Å². The van der Waals surface area contributed by atoms with Crippen molar-refractivity contribution in [1.82, 2.24) is 24.8 Å². The average molecular weight is 473 g/mol. The van der Waals surface area contributed by atoms with Crippen molar-refractivity contribution >= 4 is 46.5 Å². The molecule has 10 heteroatoms. The lowest BCUT2D eigenvalue weighted by Gasteiger charge is -2.34. The lowest BCUT2D eigenvalue weighted by molar-refractivity contribution is -0.124. The maximum atomic E-state index is 12.1. The standard InChI is InChI=1S/C25H28N8O2/c1-31-7-9-32(10-8-31)20-4-2-3-19(13-20)27-21-14-22(28-18-5-6-18)33-24(29-21)17(15-26-33)11-16-12-23(34)30-25(16)35/h2-4,11,13-15,18,28H,5-10,12H2,1H3,(H,27,29)(H,30,34,35)/b16-11+.